The molecule has 0 fully saturated rings. The summed E-state index contributed by atoms with van der Waals surface area (Å²) in [6.45, 7) is 0.674. The molecular weight excluding hydrogens is 294 g/mol. The molecule has 0 spiro atoms. The molecule has 3 nitrogen and oxygen atoms in total. The molecule has 1 aromatic carbocycles. The Morgan fingerprint density at radius 3 is 2.90 bits per heavy atom. The van der Waals surface area contributed by atoms with E-state index in [4.69, 9.17) is 11.6 Å². The van der Waals surface area contributed by atoms with Crippen molar-refractivity contribution in [1.82, 2.24) is 5.32 Å². The van der Waals surface area contributed by atoms with E-state index in [0.717, 1.165) is 18.4 Å². The van der Waals surface area contributed by atoms with Crippen molar-refractivity contribution in [3.05, 3.63) is 56.2 Å². The molecule has 2 aromatic rings. The largest absolute Gasteiger partial charge is 0.352 e. The van der Waals surface area contributed by atoms with Gasteiger partial charge >= 0.3 is 0 Å². The number of nitrogens with one attached hydrogen (secondary N) is 1. The third-order valence-corrected chi connectivity index (χ3v) is 4.69. The lowest BCUT2D eigenvalue weighted by Gasteiger charge is -2.07. The number of carbonyl (C=O) groups excluding carboxylic acids is 2. The van der Waals surface area contributed by atoms with E-state index < -0.39 is 0 Å². The van der Waals surface area contributed by atoms with Crippen molar-refractivity contribution in [3.8, 4) is 0 Å². The molecular formula is C15H12ClNO2S. The Morgan fingerprint density at radius 1 is 1.30 bits per heavy atom. The maximum atomic E-state index is 12.4. The van der Waals surface area contributed by atoms with Crippen molar-refractivity contribution in [2.75, 3.05) is 6.54 Å². The molecule has 0 saturated carbocycles. The molecule has 1 amide bonds. The normalized spacial score (nSPS) is 14.3. The van der Waals surface area contributed by atoms with Gasteiger partial charge in [-0.25, -0.2) is 0 Å². The number of ketones is 1. The van der Waals surface area contributed by atoms with Crippen LogP contribution in [0.25, 0.3) is 0 Å². The molecule has 102 valence electrons. The first-order chi connectivity index (χ1) is 9.66. The molecule has 0 unspecified atom stereocenters. The van der Waals surface area contributed by atoms with Crippen molar-refractivity contribution in [1.29, 1.82) is 0 Å². The molecule has 0 atom stereocenters. The highest BCUT2D eigenvalue weighted by atomic mass is 35.5. The Hall–Kier alpha value is -1.65. The van der Waals surface area contributed by atoms with Crippen molar-refractivity contribution in [2.45, 2.75) is 12.8 Å². The Morgan fingerprint density at radius 2 is 2.15 bits per heavy atom. The lowest BCUT2D eigenvalue weighted by Crippen LogP contribution is -2.22. The molecule has 0 bridgehead atoms. The van der Waals surface area contributed by atoms with Crippen LogP contribution < -0.4 is 5.32 Å². The van der Waals surface area contributed by atoms with Crippen LogP contribution in [0, 0.1) is 0 Å². The topological polar surface area (TPSA) is 46.2 Å². The zero-order chi connectivity index (χ0) is 14.1. The van der Waals surface area contributed by atoms with Gasteiger partial charge in [0.25, 0.3) is 5.91 Å². The van der Waals surface area contributed by atoms with E-state index >= 15 is 0 Å². The van der Waals surface area contributed by atoms with E-state index in [1.54, 1.807) is 23.6 Å². The van der Waals surface area contributed by atoms with Crippen LogP contribution in [0.1, 0.15) is 37.6 Å². The van der Waals surface area contributed by atoms with Crippen molar-refractivity contribution in [2.24, 2.45) is 0 Å². The van der Waals surface area contributed by atoms with E-state index in [9.17, 15) is 9.59 Å². The molecule has 0 radical (unpaired) electrons. The Bertz CT molecular complexity index is 693. The van der Waals surface area contributed by atoms with Crippen LogP contribution in [0.5, 0.6) is 0 Å². The van der Waals surface area contributed by atoms with Gasteiger partial charge in [0.2, 0.25) is 5.78 Å². The SMILES string of the molecule is O=C1NCCCc2ccc(C(=O)c3sccc3Cl)cc21. The van der Waals surface area contributed by atoms with E-state index in [1.165, 1.54) is 11.3 Å². The Labute approximate surface area is 125 Å². The van der Waals surface area contributed by atoms with Crippen LogP contribution in [0.4, 0.5) is 0 Å². The summed E-state index contributed by atoms with van der Waals surface area (Å²) >= 11 is 7.31. The molecule has 1 N–H and O–H groups in total. The second kappa shape index (κ2) is 5.38. The van der Waals surface area contributed by atoms with Crippen LogP contribution in [0.15, 0.2) is 29.6 Å². The predicted molar refractivity (Wildman–Crippen MR) is 79.9 cm³/mol. The number of hydrogen-bond acceptors (Lipinski definition) is 3. The third kappa shape index (κ3) is 2.37. The predicted octanol–water partition coefficient (Wildman–Crippen LogP) is 3.31. The molecule has 3 rings (SSSR count). The Kier molecular flexibility index (Phi) is 3.59. The first-order valence-corrected chi connectivity index (χ1v) is 7.61. The average molecular weight is 306 g/mol. The maximum absolute atomic E-state index is 12.4. The minimum absolute atomic E-state index is 0.107. The van der Waals surface area contributed by atoms with Crippen molar-refractivity contribution in [3.63, 3.8) is 0 Å². The first kappa shape index (κ1) is 13.3. The molecule has 1 aromatic heterocycles. The van der Waals surface area contributed by atoms with E-state index in [-0.39, 0.29) is 11.7 Å². The van der Waals surface area contributed by atoms with Gasteiger partial charge in [-0.05, 0) is 35.9 Å². The number of halogens is 1. The Balaban J connectivity index is 2.02. The number of benzene rings is 1. The summed E-state index contributed by atoms with van der Waals surface area (Å²) in [5.74, 6) is -0.241. The van der Waals surface area contributed by atoms with E-state index in [2.05, 4.69) is 5.32 Å². The lowest BCUT2D eigenvalue weighted by atomic mass is 9.98. The summed E-state index contributed by atoms with van der Waals surface area (Å²) in [7, 11) is 0. The highest BCUT2D eigenvalue weighted by Gasteiger charge is 2.19. The second-order valence-corrected chi connectivity index (χ2v) is 5.98. The molecule has 5 heteroatoms. The number of aryl methyl sites for hydroxylation is 1. The highest BCUT2D eigenvalue weighted by Crippen LogP contribution is 2.26. The van der Waals surface area contributed by atoms with Gasteiger partial charge in [-0.1, -0.05) is 23.7 Å². The number of amides is 1. The summed E-state index contributed by atoms with van der Waals surface area (Å²) < 4.78 is 0. The number of carbonyl (C=O) groups is 2. The van der Waals surface area contributed by atoms with Gasteiger partial charge in [0, 0.05) is 17.7 Å². The maximum Gasteiger partial charge on any atom is 0.251 e. The number of thiophene rings is 1. The lowest BCUT2D eigenvalue weighted by molar-refractivity contribution is 0.0956. The van der Waals surface area contributed by atoms with Gasteiger partial charge in [0.15, 0.2) is 0 Å². The van der Waals surface area contributed by atoms with Crippen LogP contribution in [-0.4, -0.2) is 18.2 Å². The minimum Gasteiger partial charge on any atom is -0.352 e. The van der Waals surface area contributed by atoms with Crippen molar-refractivity contribution >= 4 is 34.6 Å². The van der Waals surface area contributed by atoms with E-state index in [1.807, 2.05) is 6.07 Å². The van der Waals surface area contributed by atoms with Crippen LogP contribution in [0.2, 0.25) is 5.02 Å². The van der Waals surface area contributed by atoms with Crippen LogP contribution >= 0.6 is 22.9 Å². The van der Waals surface area contributed by atoms with Gasteiger partial charge in [0.1, 0.15) is 0 Å². The van der Waals surface area contributed by atoms with Gasteiger partial charge in [0.05, 0.1) is 9.90 Å². The number of hydrogen-bond donors (Lipinski definition) is 1. The zero-order valence-electron chi connectivity index (χ0n) is 10.6. The quantitative estimate of drug-likeness (QED) is 0.865. The standard InChI is InChI=1S/C15H12ClNO2S/c16-12-5-7-20-14(12)13(18)10-4-3-9-2-1-6-17-15(19)11(9)8-10/h3-5,7-8H,1-2,6H2,(H,17,19). The monoisotopic (exact) mass is 305 g/mol. The summed E-state index contributed by atoms with van der Waals surface area (Å²) in [6, 6.07) is 7.02. The number of rotatable bonds is 2. The van der Waals surface area contributed by atoms with Gasteiger partial charge in [-0.3, -0.25) is 9.59 Å². The number of fused-ring (bicyclic) bond motifs is 1. The summed E-state index contributed by atoms with van der Waals surface area (Å²) in [5.41, 5.74) is 2.10. The highest BCUT2D eigenvalue weighted by molar-refractivity contribution is 7.13. The average Bonchev–Trinajstić information content (AvgIpc) is 2.79. The molecule has 0 aliphatic carbocycles. The van der Waals surface area contributed by atoms with Gasteiger partial charge < -0.3 is 5.32 Å². The van der Waals surface area contributed by atoms with Gasteiger partial charge in [-0.15, -0.1) is 11.3 Å². The van der Waals surface area contributed by atoms with Crippen molar-refractivity contribution < 1.29 is 9.59 Å². The summed E-state index contributed by atoms with van der Waals surface area (Å²) in [4.78, 5) is 24.9. The molecule has 1 aliphatic heterocycles. The fourth-order valence-corrected chi connectivity index (χ4v) is 3.41. The minimum atomic E-state index is -0.134. The first-order valence-electron chi connectivity index (χ1n) is 6.35. The molecule has 2 heterocycles. The smallest absolute Gasteiger partial charge is 0.251 e. The molecule has 20 heavy (non-hydrogen) atoms. The fourth-order valence-electron chi connectivity index (χ4n) is 2.31. The van der Waals surface area contributed by atoms with Gasteiger partial charge in [-0.2, -0.15) is 0 Å². The van der Waals surface area contributed by atoms with Crippen LogP contribution in [-0.2, 0) is 6.42 Å². The zero-order valence-corrected chi connectivity index (χ0v) is 12.2. The molecule has 1 aliphatic rings. The van der Waals surface area contributed by atoms with Crippen LogP contribution in [0.3, 0.4) is 0 Å². The second-order valence-electron chi connectivity index (χ2n) is 4.66. The fraction of sp³-hybridized carbons (Fsp3) is 0.200. The summed E-state index contributed by atoms with van der Waals surface area (Å²) in [5, 5.41) is 5.08. The summed E-state index contributed by atoms with van der Waals surface area (Å²) in [6.07, 6.45) is 1.77. The van der Waals surface area contributed by atoms with E-state index in [0.29, 0.717) is 27.6 Å². The molecule has 0 saturated heterocycles. The third-order valence-electron chi connectivity index (χ3n) is 3.35.